The van der Waals surface area contributed by atoms with Crippen molar-refractivity contribution < 1.29 is 14.7 Å². The van der Waals surface area contributed by atoms with Crippen LogP contribution in [0, 0.1) is 0 Å². The van der Waals surface area contributed by atoms with E-state index < -0.39 is 11.9 Å². The molecule has 2 aromatic heterocycles. The number of amides is 1. The standard InChI is InChI=1S/C11H10N4O3/c1-15-9(11(17)18)7(6-13-15)10(16)14-8-4-2-3-5-12-8/h2-6H,1H3,(H,17,18)(H,12,14,16). The van der Waals surface area contributed by atoms with Gasteiger partial charge in [-0.25, -0.2) is 9.78 Å². The normalized spacial score (nSPS) is 10.1. The molecule has 0 fully saturated rings. The fourth-order valence-electron chi connectivity index (χ4n) is 1.48. The zero-order chi connectivity index (χ0) is 13.1. The molecule has 18 heavy (non-hydrogen) atoms. The van der Waals surface area contributed by atoms with Crippen LogP contribution in [0.25, 0.3) is 0 Å². The first-order chi connectivity index (χ1) is 8.59. The van der Waals surface area contributed by atoms with E-state index in [4.69, 9.17) is 5.11 Å². The molecule has 0 saturated heterocycles. The Labute approximate surface area is 102 Å². The van der Waals surface area contributed by atoms with Crippen LogP contribution in [-0.2, 0) is 7.05 Å². The third-order valence-electron chi connectivity index (χ3n) is 2.29. The summed E-state index contributed by atoms with van der Waals surface area (Å²) in [5.41, 5.74) is -0.168. The molecule has 2 N–H and O–H groups in total. The van der Waals surface area contributed by atoms with E-state index in [9.17, 15) is 9.59 Å². The zero-order valence-corrected chi connectivity index (χ0v) is 9.49. The number of carbonyl (C=O) groups excluding carboxylic acids is 1. The first kappa shape index (κ1) is 11.8. The summed E-state index contributed by atoms with van der Waals surface area (Å²) in [7, 11) is 1.46. The number of pyridine rings is 1. The maximum atomic E-state index is 11.9. The first-order valence-corrected chi connectivity index (χ1v) is 5.07. The van der Waals surface area contributed by atoms with Crippen molar-refractivity contribution in [3.8, 4) is 0 Å². The lowest BCUT2D eigenvalue weighted by Gasteiger charge is -2.03. The molecule has 0 radical (unpaired) electrons. The Morgan fingerprint density at radius 3 is 2.78 bits per heavy atom. The van der Waals surface area contributed by atoms with Gasteiger partial charge in [0.1, 0.15) is 5.82 Å². The average molecular weight is 246 g/mol. The van der Waals surface area contributed by atoms with Gasteiger partial charge < -0.3 is 10.4 Å². The van der Waals surface area contributed by atoms with E-state index in [1.165, 1.54) is 19.4 Å². The predicted molar refractivity (Wildman–Crippen MR) is 62.4 cm³/mol. The van der Waals surface area contributed by atoms with Crippen LogP contribution < -0.4 is 5.32 Å². The molecule has 2 aromatic rings. The van der Waals surface area contributed by atoms with Crippen LogP contribution in [0.15, 0.2) is 30.6 Å². The maximum Gasteiger partial charge on any atom is 0.354 e. The molecule has 0 aliphatic carbocycles. The number of hydrogen-bond acceptors (Lipinski definition) is 4. The molecule has 0 spiro atoms. The van der Waals surface area contributed by atoms with Gasteiger partial charge in [0.05, 0.1) is 11.8 Å². The van der Waals surface area contributed by atoms with Crippen LogP contribution in [0.1, 0.15) is 20.8 Å². The van der Waals surface area contributed by atoms with Crippen LogP contribution in [0.2, 0.25) is 0 Å². The van der Waals surface area contributed by atoms with Gasteiger partial charge in [-0.15, -0.1) is 0 Å². The smallest absolute Gasteiger partial charge is 0.354 e. The molecule has 2 rings (SSSR count). The summed E-state index contributed by atoms with van der Waals surface area (Å²) < 4.78 is 1.13. The molecule has 2 heterocycles. The molecule has 0 unspecified atom stereocenters. The van der Waals surface area contributed by atoms with E-state index in [2.05, 4.69) is 15.4 Å². The van der Waals surface area contributed by atoms with E-state index in [1.54, 1.807) is 18.2 Å². The lowest BCUT2D eigenvalue weighted by atomic mass is 10.2. The second kappa shape index (κ2) is 4.66. The number of hydrogen-bond donors (Lipinski definition) is 2. The number of aromatic nitrogens is 3. The van der Waals surface area contributed by atoms with E-state index in [1.807, 2.05) is 0 Å². The Kier molecular flexibility index (Phi) is 3.05. The molecular formula is C11H10N4O3. The molecule has 0 aliphatic rings. The van der Waals surface area contributed by atoms with Gasteiger partial charge in [-0.2, -0.15) is 5.10 Å². The van der Waals surface area contributed by atoms with Crippen molar-refractivity contribution in [1.29, 1.82) is 0 Å². The number of aryl methyl sites for hydroxylation is 1. The van der Waals surface area contributed by atoms with Crippen molar-refractivity contribution in [1.82, 2.24) is 14.8 Å². The molecule has 0 saturated carbocycles. The van der Waals surface area contributed by atoms with Crippen LogP contribution >= 0.6 is 0 Å². The molecular weight excluding hydrogens is 236 g/mol. The van der Waals surface area contributed by atoms with Crippen molar-refractivity contribution >= 4 is 17.7 Å². The quantitative estimate of drug-likeness (QED) is 0.833. The summed E-state index contributed by atoms with van der Waals surface area (Å²) in [5, 5.41) is 15.2. The second-order valence-corrected chi connectivity index (χ2v) is 3.50. The van der Waals surface area contributed by atoms with Crippen LogP contribution in [0.4, 0.5) is 5.82 Å². The van der Waals surface area contributed by atoms with Gasteiger partial charge in [0, 0.05) is 13.2 Å². The Morgan fingerprint density at radius 2 is 2.17 bits per heavy atom. The fourth-order valence-corrected chi connectivity index (χ4v) is 1.48. The highest BCUT2D eigenvalue weighted by Crippen LogP contribution is 2.10. The van der Waals surface area contributed by atoms with E-state index in [0.29, 0.717) is 5.82 Å². The van der Waals surface area contributed by atoms with Crippen LogP contribution in [0.5, 0.6) is 0 Å². The Morgan fingerprint density at radius 1 is 1.39 bits per heavy atom. The lowest BCUT2D eigenvalue weighted by molar-refractivity contribution is 0.0680. The minimum atomic E-state index is -1.21. The van der Waals surface area contributed by atoms with Gasteiger partial charge in [-0.05, 0) is 12.1 Å². The summed E-state index contributed by atoms with van der Waals surface area (Å²) in [5.74, 6) is -1.41. The van der Waals surface area contributed by atoms with Crippen molar-refractivity contribution in [2.75, 3.05) is 5.32 Å². The fraction of sp³-hybridized carbons (Fsp3) is 0.0909. The number of nitrogens with zero attached hydrogens (tertiary/aromatic N) is 3. The third-order valence-corrected chi connectivity index (χ3v) is 2.29. The molecule has 0 aliphatic heterocycles. The summed E-state index contributed by atoms with van der Waals surface area (Å²) in [6, 6.07) is 5.03. The largest absolute Gasteiger partial charge is 0.477 e. The number of carboxylic acids is 1. The molecule has 92 valence electrons. The van der Waals surface area contributed by atoms with Gasteiger partial charge in [-0.3, -0.25) is 9.48 Å². The molecule has 0 atom stereocenters. The van der Waals surface area contributed by atoms with Gasteiger partial charge >= 0.3 is 5.97 Å². The van der Waals surface area contributed by atoms with Crippen LogP contribution in [0.3, 0.4) is 0 Å². The Balaban J connectivity index is 2.27. The topological polar surface area (TPSA) is 97.1 Å². The van der Waals surface area contributed by atoms with Crippen molar-refractivity contribution in [2.45, 2.75) is 0 Å². The SMILES string of the molecule is Cn1ncc(C(=O)Nc2ccccn2)c1C(=O)O. The van der Waals surface area contributed by atoms with Crippen LogP contribution in [-0.4, -0.2) is 31.7 Å². The second-order valence-electron chi connectivity index (χ2n) is 3.50. The highest BCUT2D eigenvalue weighted by molar-refractivity contribution is 6.09. The van der Waals surface area contributed by atoms with Gasteiger partial charge in [-0.1, -0.05) is 6.07 Å². The van der Waals surface area contributed by atoms with Crippen molar-refractivity contribution in [2.24, 2.45) is 7.05 Å². The number of nitrogens with one attached hydrogen (secondary N) is 1. The van der Waals surface area contributed by atoms with E-state index in [-0.39, 0.29) is 11.3 Å². The monoisotopic (exact) mass is 246 g/mol. The van der Waals surface area contributed by atoms with Crippen molar-refractivity contribution in [3.05, 3.63) is 41.9 Å². The summed E-state index contributed by atoms with van der Waals surface area (Å²) in [4.78, 5) is 26.8. The molecule has 7 nitrogen and oxygen atoms in total. The summed E-state index contributed by atoms with van der Waals surface area (Å²) >= 11 is 0. The Hall–Kier alpha value is -2.70. The highest BCUT2D eigenvalue weighted by Gasteiger charge is 2.21. The average Bonchev–Trinajstić information content (AvgIpc) is 2.72. The van der Waals surface area contributed by atoms with Gasteiger partial charge in [0.15, 0.2) is 5.69 Å². The molecule has 7 heteroatoms. The molecule has 0 aromatic carbocycles. The maximum absolute atomic E-state index is 11.9. The third kappa shape index (κ3) is 2.19. The minimum Gasteiger partial charge on any atom is -0.477 e. The molecule has 0 bridgehead atoms. The zero-order valence-electron chi connectivity index (χ0n) is 9.49. The summed E-state index contributed by atoms with van der Waals surface area (Å²) in [6.07, 6.45) is 2.73. The van der Waals surface area contributed by atoms with Gasteiger partial charge in [0.25, 0.3) is 5.91 Å². The van der Waals surface area contributed by atoms with E-state index in [0.717, 1.165) is 4.68 Å². The van der Waals surface area contributed by atoms with Crippen molar-refractivity contribution in [3.63, 3.8) is 0 Å². The number of rotatable bonds is 3. The predicted octanol–water partition coefficient (Wildman–Crippen LogP) is 0.766. The number of aromatic carboxylic acids is 1. The highest BCUT2D eigenvalue weighted by atomic mass is 16.4. The minimum absolute atomic E-state index is 0.00402. The first-order valence-electron chi connectivity index (χ1n) is 5.07. The number of carbonyl (C=O) groups is 2. The summed E-state index contributed by atoms with van der Waals surface area (Å²) in [6.45, 7) is 0. The Bertz CT molecular complexity index is 592. The van der Waals surface area contributed by atoms with E-state index >= 15 is 0 Å². The van der Waals surface area contributed by atoms with Gasteiger partial charge in [0.2, 0.25) is 0 Å². The lowest BCUT2D eigenvalue weighted by Crippen LogP contribution is -2.17. The number of anilines is 1. The number of carboxylic acid groups (broad SMARTS) is 1. The molecule has 1 amide bonds.